The quantitative estimate of drug-likeness (QED) is 0.411. The Hall–Kier alpha value is -3.92. The van der Waals surface area contributed by atoms with E-state index in [4.69, 9.17) is 16.0 Å². The number of nitrogens with zero attached hydrogens (tertiary/aromatic N) is 9. The number of aromatic nitrogens is 8. The van der Waals surface area contributed by atoms with Gasteiger partial charge in [0.2, 0.25) is 11.6 Å². The first-order chi connectivity index (χ1) is 16.5. The van der Waals surface area contributed by atoms with E-state index in [0.717, 1.165) is 36.9 Å². The predicted octanol–water partition coefficient (Wildman–Crippen LogP) is 2.07. The summed E-state index contributed by atoms with van der Waals surface area (Å²) in [7, 11) is 0. The number of nitrogen functional groups attached to an aromatic ring is 1. The second-order valence-electron chi connectivity index (χ2n) is 8.50. The fourth-order valence-electron chi connectivity index (χ4n) is 5.18. The molecule has 0 spiro atoms. The number of aromatic amines is 1. The minimum absolute atomic E-state index is 0.0956. The lowest BCUT2D eigenvalue weighted by Gasteiger charge is -2.38. The zero-order valence-electron chi connectivity index (χ0n) is 17.8. The molecule has 12 nitrogen and oxygen atoms in total. The maximum atomic E-state index is 13.0. The molecule has 13 heteroatoms. The molecule has 4 aromatic heterocycles. The van der Waals surface area contributed by atoms with E-state index in [9.17, 15) is 4.79 Å². The van der Waals surface area contributed by atoms with Crippen LogP contribution in [0.5, 0.6) is 0 Å². The van der Waals surface area contributed by atoms with E-state index in [2.05, 4.69) is 46.2 Å². The average Bonchev–Trinajstić information content (AvgIpc) is 3.59. The number of nitrogens with one attached hydrogen (secondary N) is 1. The van der Waals surface area contributed by atoms with Gasteiger partial charge in [-0.3, -0.25) is 4.79 Å². The van der Waals surface area contributed by atoms with E-state index >= 15 is 0 Å². The Balaban J connectivity index is 1.36. The van der Waals surface area contributed by atoms with Crippen molar-refractivity contribution in [3.8, 4) is 17.2 Å². The largest absolute Gasteiger partial charge is 0.383 e. The monoisotopic (exact) mass is 519 g/mol. The highest BCUT2D eigenvalue weighted by molar-refractivity contribution is 9.10. The molecule has 2 saturated heterocycles. The molecule has 0 radical (unpaired) electrons. The molecule has 170 valence electrons. The number of H-pyrrole nitrogens is 1. The van der Waals surface area contributed by atoms with Gasteiger partial charge in [0.1, 0.15) is 18.2 Å². The lowest BCUT2D eigenvalue weighted by molar-refractivity contribution is 0.0557. The van der Waals surface area contributed by atoms with E-state index in [0.29, 0.717) is 21.5 Å². The standard InChI is InChI=1S/C21H18BrN11O/c22-16-17(10-3-12-1-2-13(4-10)32(12)21(34)19-27-9-28-31-19)30-20-14(8-29-33(20)18(16)24)11-6-25-15(5-23)26-7-11/h6-10,12-13H,1-4,24H2,(H,27,28,31)/t10?,12-,13?/m1/s1. The molecule has 2 aliphatic heterocycles. The molecule has 2 aliphatic rings. The SMILES string of the molecule is N#Cc1ncc(-c2cnn3c(N)c(Br)c(C4CC5CC[C@H](C4)N5C(=O)c4nnc[nH]4)nc23)cn1. The van der Waals surface area contributed by atoms with Crippen molar-refractivity contribution in [1.82, 2.24) is 44.6 Å². The van der Waals surface area contributed by atoms with Crippen molar-refractivity contribution < 1.29 is 4.79 Å². The van der Waals surface area contributed by atoms with E-state index in [1.807, 2.05) is 11.0 Å². The summed E-state index contributed by atoms with van der Waals surface area (Å²) in [5.41, 5.74) is 9.31. The number of nitrogens with two attached hydrogens (primary N) is 1. The Morgan fingerprint density at radius 1 is 1.21 bits per heavy atom. The van der Waals surface area contributed by atoms with Crippen molar-refractivity contribution in [3.63, 3.8) is 0 Å². The fourth-order valence-corrected chi connectivity index (χ4v) is 5.76. The van der Waals surface area contributed by atoms with Gasteiger partial charge >= 0.3 is 0 Å². The van der Waals surface area contributed by atoms with Crippen molar-refractivity contribution in [1.29, 1.82) is 5.26 Å². The molecule has 0 aliphatic carbocycles. The second kappa shape index (κ2) is 7.84. The summed E-state index contributed by atoms with van der Waals surface area (Å²) in [6.07, 6.45) is 9.69. The maximum Gasteiger partial charge on any atom is 0.292 e. The Kier molecular flexibility index (Phi) is 4.77. The van der Waals surface area contributed by atoms with Gasteiger partial charge in [0.15, 0.2) is 5.65 Å². The zero-order valence-corrected chi connectivity index (χ0v) is 19.3. The number of anilines is 1. The molecule has 6 heterocycles. The summed E-state index contributed by atoms with van der Waals surface area (Å²) in [5.74, 6) is 0.836. The Morgan fingerprint density at radius 3 is 2.59 bits per heavy atom. The van der Waals surface area contributed by atoms with Crippen LogP contribution in [0, 0.1) is 11.3 Å². The van der Waals surface area contributed by atoms with Crippen molar-refractivity contribution in [2.75, 3.05) is 5.73 Å². The van der Waals surface area contributed by atoms with Crippen LogP contribution in [0.2, 0.25) is 0 Å². The van der Waals surface area contributed by atoms with E-state index in [1.165, 1.54) is 6.33 Å². The number of rotatable bonds is 3. The van der Waals surface area contributed by atoms with Gasteiger partial charge in [-0.15, -0.1) is 10.2 Å². The summed E-state index contributed by atoms with van der Waals surface area (Å²) >= 11 is 3.64. The number of halogens is 1. The van der Waals surface area contributed by atoms with E-state index < -0.39 is 0 Å². The van der Waals surface area contributed by atoms with Crippen LogP contribution in [0.25, 0.3) is 16.8 Å². The van der Waals surface area contributed by atoms with Crippen molar-refractivity contribution in [2.24, 2.45) is 0 Å². The first kappa shape index (κ1) is 20.7. The van der Waals surface area contributed by atoms with Gasteiger partial charge in [0.05, 0.1) is 16.4 Å². The highest BCUT2D eigenvalue weighted by Gasteiger charge is 2.45. The molecule has 6 rings (SSSR count). The lowest BCUT2D eigenvalue weighted by Crippen LogP contribution is -2.46. The van der Waals surface area contributed by atoms with Crippen LogP contribution >= 0.6 is 15.9 Å². The summed E-state index contributed by atoms with van der Waals surface area (Å²) in [5, 5.41) is 21.0. The number of carbonyl (C=O) groups excluding carboxylic acids is 1. The van der Waals surface area contributed by atoms with Crippen LogP contribution in [0.3, 0.4) is 0 Å². The van der Waals surface area contributed by atoms with Crippen LogP contribution in [0.4, 0.5) is 5.82 Å². The van der Waals surface area contributed by atoms with Crippen LogP contribution in [-0.4, -0.2) is 62.6 Å². The first-order valence-electron chi connectivity index (χ1n) is 10.8. The van der Waals surface area contributed by atoms with Gasteiger partial charge in [0.25, 0.3) is 5.91 Å². The van der Waals surface area contributed by atoms with Gasteiger partial charge < -0.3 is 15.6 Å². The van der Waals surface area contributed by atoms with Crippen LogP contribution < -0.4 is 5.73 Å². The third kappa shape index (κ3) is 3.13. The maximum absolute atomic E-state index is 13.0. The molecule has 3 N–H and O–H groups in total. The van der Waals surface area contributed by atoms with Gasteiger partial charge in [-0.05, 0) is 41.6 Å². The minimum Gasteiger partial charge on any atom is -0.383 e. The smallest absolute Gasteiger partial charge is 0.292 e. The molecule has 0 saturated carbocycles. The molecule has 2 fully saturated rings. The fraction of sp³-hybridized carbons (Fsp3) is 0.333. The predicted molar refractivity (Wildman–Crippen MR) is 122 cm³/mol. The molecule has 3 atom stereocenters. The highest BCUT2D eigenvalue weighted by Crippen LogP contribution is 2.45. The number of hydrogen-bond donors (Lipinski definition) is 2. The van der Waals surface area contributed by atoms with E-state index in [-0.39, 0.29) is 35.6 Å². The molecule has 4 aromatic rings. The van der Waals surface area contributed by atoms with Gasteiger partial charge in [-0.1, -0.05) is 0 Å². The van der Waals surface area contributed by atoms with E-state index in [1.54, 1.807) is 23.1 Å². The van der Waals surface area contributed by atoms with Crippen molar-refractivity contribution in [2.45, 2.75) is 43.7 Å². The number of fused-ring (bicyclic) bond motifs is 3. The molecular formula is C21H18BrN11O. The van der Waals surface area contributed by atoms with Crippen molar-refractivity contribution in [3.05, 3.63) is 46.7 Å². The summed E-state index contributed by atoms with van der Waals surface area (Å²) in [6, 6.07) is 2.12. The first-order valence-corrected chi connectivity index (χ1v) is 11.6. The number of amides is 1. The topological polar surface area (TPSA) is 168 Å². The average molecular weight is 520 g/mol. The van der Waals surface area contributed by atoms with Crippen LogP contribution in [-0.2, 0) is 0 Å². The van der Waals surface area contributed by atoms with Crippen LogP contribution in [0.1, 0.15) is 53.7 Å². The second-order valence-corrected chi connectivity index (χ2v) is 9.29. The van der Waals surface area contributed by atoms with Crippen molar-refractivity contribution >= 4 is 33.3 Å². The molecule has 2 bridgehead atoms. The van der Waals surface area contributed by atoms with Gasteiger partial charge in [0, 0.05) is 41.5 Å². The molecule has 1 amide bonds. The Labute approximate surface area is 201 Å². The molecule has 2 unspecified atom stereocenters. The summed E-state index contributed by atoms with van der Waals surface area (Å²) < 4.78 is 2.29. The van der Waals surface area contributed by atoms with Gasteiger partial charge in [-0.25, -0.2) is 15.0 Å². The number of carbonyl (C=O) groups is 1. The molecule has 0 aromatic carbocycles. The number of piperidine rings is 1. The third-order valence-corrected chi connectivity index (χ3v) is 7.50. The molecule has 34 heavy (non-hydrogen) atoms. The Bertz CT molecular complexity index is 1430. The molecular weight excluding hydrogens is 502 g/mol. The lowest BCUT2D eigenvalue weighted by atomic mass is 9.87. The third-order valence-electron chi connectivity index (χ3n) is 6.68. The normalized spacial score (nSPS) is 21.6. The summed E-state index contributed by atoms with van der Waals surface area (Å²) in [6.45, 7) is 0. The minimum atomic E-state index is -0.107. The zero-order chi connectivity index (χ0) is 23.4. The number of hydrogen-bond acceptors (Lipinski definition) is 9. The van der Waals surface area contributed by atoms with Gasteiger partial charge in [-0.2, -0.15) is 14.9 Å². The highest BCUT2D eigenvalue weighted by atomic mass is 79.9. The van der Waals surface area contributed by atoms with Crippen LogP contribution in [0.15, 0.2) is 29.4 Å². The Morgan fingerprint density at radius 2 is 1.94 bits per heavy atom. The number of nitriles is 1. The summed E-state index contributed by atoms with van der Waals surface area (Å²) in [4.78, 5) is 30.8.